The third kappa shape index (κ3) is 0.590. The molecule has 1 spiro atoms. The maximum absolute atomic E-state index is 4.09. The SMILES string of the molecule is C[Si](C)(C)[C]12[CH]3[C]4(C(P)(C5CCCNC5)C5CCCNC5)[C]5(C6(CP)C7CC8CC(C7)CC6C8)[CH]1[Fe]34521678[CH]2[CH]1[CH]6[CH]7[CH]28. The fourth-order valence-electron chi connectivity index (χ4n) is 30.1. The molecule has 16 aliphatic rings. The van der Waals surface area contributed by atoms with Crippen molar-refractivity contribution in [2.75, 3.05) is 32.3 Å². The molecule has 0 aromatic carbocycles. The Morgan fingerprint density at radius 1 is 0.780 bits per heavy atom. The summed E-state index contributed by atoms with van der Waals surface area (Å²) in [5.74, 6) is 6.41. The fraction of sp³-hybridized carbons (Fsp3) is 1.00. The van der Waals surface area contributed by atoms with Crippen LogP contribution in [-0.4, -0.2) is 45.6 Å². The molecule has 12 saturated heterocycles. The van der Waals surface area contributed by atoms with Crippen LogP contribution in [0, 0.1) is 40.9 Å². The molecule has 0 aromatic rings. The Morgan fingerprint density at radius 3 is 1.68 bits per heavy atom. The van der Waals surface area contributed by atoms with Gasteiger partial charge in [-0.25, -0.2) is 0 Å². The molecule has 0 radical (unpaired) electrons. The van der Waals surface area contributed by atoms with Crippen LogP contribution in [0.3, 0.4) is 0 Å². The molecule has 4 saturated carbocycles. The molecule has 0 amide bonds. The van der Waals surface area contributed by atoms with E-state index in [1.54, 1.807) is 44.9 Å². The fourth-order valence-corrected chi connectivity index (χ4v) is 142. The Balaban J connectivity index is 1.11. The standard InChI is InChI=1S/C30H51N2P2Si.C5H5.Fe/c1-35(2,3)26-15-27(29(19-33)24-11-20-10-21(13-24)14-25(29)12-20)28(16-26)30(34,22-6-4-8-31-17-22)23-7-5-9-32-18-23;1-2-4-5-3-1;/h15-16,20-25,31-32H,4-14,17-19,33-34H2,1-3H3;1-5H;. The predicted octanol–water partition coefficient (Wildman–Crippen LogP) is 8.29. The van der Waals surface area contributed by atoms with Crippen LogP contribution in [0.5, 0.6) is 0 Å². The van der Waals surface area contributed by atoms with E-state index in [0.29, 0.717) is 5.16 Å². The van der Waals surface area contributed by atoms with Crippen molar-refractivity contribution in [3.63, 3.8) is 0 Å². The molecule has 4 bridgehead atoms. The Labute approximate surface area is 244 Å². The zero-order chi connectivity index (χ0) is 27.1. The second-order valence-electron chi connectivity index (χ2n) is 22.7. The van der Waals surface area contributed by atoms with Gasteiger partial charge in [-0.15, -0.1) is 0 Å². The van der Waals surface area contributed by atoms with Gasteiger partial charge in [0.25, 0.3) is 0 Å². The van der Waals surface area contributed by atoms with Crippen LogP contribution in [-0.2, 0) is 6.51 Å². The number of hydrogen-bond donors (Lipinski definition) is 2. The van der Waals surface area contributed by atoms with Crippen molar-refractivity contribution in [1.82, 2.24) is 10.6 Å². The normalized spacial score (nSPS) is 85.4. The summed E-state index contributed by atoms with van der Waals surface area (Å²) in [6.07, 6.45) is 15.9. The van der Waals surface area contributed by atoms with Crippen molar-refractivity contribution < 1.29 is 6.51 Å². The number of nitrogens with one attached hydrogen (secondary N) is 2. The monoisotopic (exact) mass is 650 g/mol. The van der Waals surface area contributed by atoms with Crippen molar-refractivity contribution in [3.8, 4) is 0 Å². The van der Waals surface area contributed by atoms with Crippen LogP contribution in [0.4, 0.5) is 0 Å². The maximum atomic E-state index is 4.09. The predicted molar refractivity (Wildman–Crippen MR) is 175 cm³/mol. The van der Waals surface area contributed by atoms with Gasteiger partial charge in [-0.2, -0.15) is 0 Å². The van der Waals surface area contributed by atoms with Gasteiger partial charge in [-0.1, -0.05) is 0 Å². The molecule has 16 fully saturated rings. The van der Waals surface area contributed by atoms with Crippen molar-refractivity contribution in [2.24, 2.45) is 40.9 Å². The molecule has 9 unspecified atom stereocenters. The molecule has 4 aliphatic carbocycles. The summed E-state index contributed by atoms with van der Waals surface area (Å²) in [5.41, 5.74) is 0.772. The van der Waals surface area contributed by atoms with Gasteiger partial charge < -0.3 is 0 Å². The molecule has 12 aliphatic heterocycles. The number of piperidine rings is 2. The van der Waals surface area contributed by atoms with E-state index in [4.69, 9.17) is 0 Å². The second kappa shape index (κ2) is 3.60. The van der Waals surface area contributed by atoms with Crippen molar-refractivity contribution in [1.29, 1.82) is 0 Å². The first kappa shape index (κ1) is 22.9. The Hall–Kier alpha value is 1.52. The third-order valence-corrected chi connectivity index (χ3v) is 81.5. The molecule has 6 heteroatoms. The van der Waals surface area contributed by atoms with E-state index in [-0.39, 0.29) is 0 Å². The van der Waals surface area contributed by atoms with Gasteiger partial charge in [0.1, 0.15) is 0 Å². The van der Waals surface area contributed by atoms with E-state index in [0.717, 1.165) is 53.5 Å². The second-order valence-corrected chi connectivity index (χ2v) is 52.7. The molecule has 2 N–H and O–H groups in total. The zero-order valence-electron chi connectivity index (χ0n) is 25.9. The summed E-state index contributed by atoms with van der Waals surface area (Å²) < 4.78 is 2.92. The van der Waals surface area contributed by atoms with Gasteiger partial charge in [0.2, 0.25) is 0 Å². The topological polar surface area (TPSA) is 24.1 Å². The Morgan fingerprint density at radius 2 is 1.29 bits per heavy atom. The third-order valence-electron chi connectivity index (χ3n) is 26.3. The summed E-state index contributed by atoms with van der Waals surface area (Å²) in [5, 5.41) is 8.72. The van der Waals surface area contributed by atoms with Crippen LogP contribution < -0.4 is 10.6 Å². The number of hydrogen-bond acceptors (Lipinski definition) is 2. The molecule has 228 valence electrons. The van der Waals surface area contributed by atoms with Gasteiger partial charge in [0.05, 0.1) is 0 Å². The van der Waals surface area contributed by atoms with Crippen LogP contribution in [0.25, 0.3) is 0 Å². The van der Waals surface area contributed by atoms with Crippen LogP contribution in [0.1, 0.15) is 57.8 Å². The van der Waals surface area contributed by atoms with E-state index in [1.807, 2.05) is 0 Å². The van der Waals surface area contributed by atoms with Gasteiger partial charge in [0, 0.05) is 0 Å². The average molecular weight is 651 g/mol. The number of rotatable bonds is 6. The van der Waals surface area contributed by atoms with Gasteiger partial charge in [-0.05, 0) is 0 Å². The molecule has 9 atom stereocenters. The summed E-state index contributed by atoms with van der Waals surface area (Å²) in [4.78, 5) is 9.86. The van der Waals surface area contributed by atoms with E-state index < -0.39 is 14.6 Å². The quantitative estimate of drug-likeness (QED) is 0.223. The van der Waals surface area contributed by atoms with Crippen LogP contribution in [0.2, 0.25) is 65.9 Å². The minimum atomic E-state index is -4.04. The van der Waals surface area contributed by atoms with Gasteiger partial charge in [-0.3, -0.25) is 0 Å². The Kier molecular flexibility index (Phi) is 2.02. The molecule has 16 rings (SSSR count). The first-order valence-electron chi connectivity index (χ1n) is 18.6. The van der Waals surface area contributed by atoms with E-state index in [9.17, 15) is 0 Å². The molecule has 0 aromatic heterocycles. The first-order valence-corrected chi connectivity index (χ1v) is 29.6. The van der Waals surface area contributed by atoms with E-state index in [1.165, 1.54) is 78.9 Å². The molecule has 2 nitrogen and oxygen atoms in total. The number of fused-ring (bicyclic) bond motifs is 11. The summed E-state index contributed by atoms with van der Waals surface area (Å²) in [7, 11) is 6.45. The van der Waals surface area contributed by atoms with E-state index in [2.05, 4.69) is 48.8 Å². The first-order chi connectivity index (χ1) is 19.5. The Bertz CT molecular complexity index is 1750. The van der Waals surface area contributed by atoms with E-state index >= 15 is 0 Å². The molecule has 12 heterocycles. The molecular formula is C35H56FeN2P2Si. The summed E-state index contributed by atoms with van der Waals surface area (Å²) >= 11 is 0. The minimum absolute atomic E-state index is 0.562. The summed E-state index contributed by atoms with van der Waals surface area (Å²) in [6, 6.07) is 0. The average Bonchev–Trinajstić information content (AvgIpc) is 3.91. The van der Waals surface area contributed by atoms with Gasteiger partial charge >= 0.3 is 246 Å². The van der Waals surface area contributed by atoms with Crippen molar-refractivity contribution in [2.45, 2.75) is 129 Å². The van der Waals surface area contributed by atoms with Crippen LogP contribution >= 0.6 is 18.5 Å². The molecule has 41 heavy (non-hydrogen) atoms. The van der Waals surface area contributed by atoms with Crippen molar-refractivity contribution >= 4 is 26.6 Å². The zero-order valence-corrected chi connectivity index (χ0v) is 30.3. The summed E-state index contributed by atoms with van der Waals surface area (Å²) in [6.45, 7) is 10.2. The van der Waals surface area contributed by atoms with Gasteiger partial charge in [0.15, 0.2) is 0 Å². The van der Waals surface area contributed by atoms with Crippen molar-refractivity contribution in [3.05, 3.63) is 0 Å². The van der Waals surface area contributed by atoms with Crippen LogP contribution in [0.15, 0.2) is 0 Å². The molecular weight excluding hydrogens is 594 g/mol.